The van der Waals surface area contributed by atoms with E-state index in [9.17, 15) is 8.78 Å². The molecule has 0 aliphatic heterocycles. The van der Waals surface area contributed by atoms with Crippen LogP contribution in [-0.2, 0) is 24.3 Å². The molecule has 0 saturated heterocycles. The van der Waals surface area contributed by atoms with Crippen LogP contribution in [0.25, 0.3) is 17.2 Å². The van der Waals surface area contributed by atoms with Crippen LogP contribution in [0, 0.1) is 0 Å². The number of halogens is 2. The average Bonchev–Trinajstić information content (AvgIpc) is 3.57. The lowest BCUT2D eigenvalue weighted by atomic mass is 9.92. The molecule has 36 heavy (non-hydrogen) atoms. The first kappa shape index (κ1) is 25.7. The molecule has 0 aliphatic rings. The van der Waals surface area contributed by atoms with Gasteiger partial charge in [-0.15, -0.1) is 15.3 Å². The normalized spacial score (nSPS) is 12.4. The van der Waals surface area contributed by atoms with Crippen LogP contribution in [0.4, 0.5) is 8.78 Å². The van der Waals surface area contributed by atoms with Gasteiger partial charge in [0.2, 0.25) is 11.6 Å². The number of rotatable bonds is 10. The van der Waals surface area contributed by atoms with Crippen molar-refractivity contribution in [2.75, 3.05) is 0 Å². The number of benzene rings is 1. The number of nitrogens with one attached hydrogen (secondary N) is 1. The minimum absolute atomic E-state index is 0.115. The minimum atomic E-state index is -3.02. The van der Waals surface area contributed by atoms with Gasteiger partial charge in [-0.05, 0) is 47.9 Å². The molecule has 0 amide bonds. The van der Waals surface area contributed by atoms with Crippen molar-refractivity contribution >= 4 is 0 Å². The summed E-state index contributed by atoms with van der Waals surface area (Å²) in [6.07, 6.45) is 2.57. The van der Waals surface area contributed by atoms with E-state index in [1.807, 2.05) is 30.3 Å². The van der Waals surface area contributed by atoms with E-state index in [1.54, 1.807) is 11.6 Å². The van der Waals surface area contributed by atoms with Crippen molar-refractivity contribution in [3.05, 3.63) is 59.3 Å². The molecule has 3 heterocycles. The summed E-state index contributed by atoms with van der Waals surface area (Å²) in [4.78, 5) is 4.25. The zero-order chi connectivity index (χ0) is 25.9. The second-order valence-corrected chi connectivity index (χ2v) is 10.2. The van der Waals surface area contributed by atoms with Gasteiger partial charge in [0, 0.05) is 29.6 Å². The van der Waals surface area contributed by atoms with Crippen molar-refractivity contribution in [2.24, 2.45) is 0 Å². The second-order valence-electron chi connectivity index (χ2n) is 10.2. The number of aromatic nitrogens is 8. The molecule has 1 N–H and O–H groups in total. The molecule has 0 unspecified atom stereocenters. The maximum Gasteiger partial charge on any atom is 0.308 e. The fraction of sp³-hybridized carbons (Fsp3) is 0.500. The number of nitrogens with zero attached hydrogens (tertiary/aromatic N) is 7. The summed E-state index contributed by atoms with van der Waals surface area (Å²) in [5.41, 5.74) is 3.74. The highest BCUT2D eigenvalue weighted by Gasteiger charge is 2.36. The Labute approximate surface area is 210 Å². The number of H-pyrrole nitrogens is 1. The molecule has 0 spiro atoms. The van der Waals surface area contributed by atoms with E-state index in [2.05, 4.69) is 69.0 Å². The SMILES string of the molecule is CCCCc1nc(C(F)(F)CCC)nn1Cc1ccc(-n2c(-c3nn[nH]n3)ccc2C(C)(C)C)cc1. The number of alkyl halides is 2. The fourth-order valence-electron chi connectivity index (χ4n) is 4.27. The predicted molar refractivity (Wildman–Crippen MR) is 134 cm³/mol. The highest BCUT2D eigenvalue weighted by molar-refractivity contribution is 5.57. The summed E-state index contributed by atoms with van der Waals surface area (Å²) in [5.74, 6) is -2.28. The smallest absolute Gasteiger partial charge is 0.308 e. The van der Waals surface area contributed by atoms with Gasteiger partial charge < -0.3 is 4.57 Å². The van der Waals surface area contributed by atoms with E-state index < -0.39 is 5.92 Å². The third-order valence-corrected chi connectivity index (χ3v) is 6.14. The molecular weight excluding hydrogens is 462 g/mol. The molecule has 0 fully saturated rings. The van der Waals surface area contributed by atoms with Crippen LogP contribution in [0.15, 0.2) is 36.4 Å². The second kappa shape index (κ2) is 10.3. The van der Waals surface area contributed by atoms with E-state index >= 15 is 0 Å². The first-order chi connectivity index (χ1) is 17.1. The van der Waals surface area contributed by atoms with Gasteiger partial charge >= 0.3 is 5.92 Å². The number of hydrogen-bond donors (Lipinski definition) is 1. The molecule has 0 aliphatic carbocycles. The Morgan fingerprint density at radius 1 is 0.972 bits per heavy atom. The van der Waals surface area contributed by atoms with Gasteiger partial charge in [0.15, 0.2) is 0 Å². The van der Waals surface area contributed by atoms with Crippen molar-refractivity contribution in [1.29, 1.82) is 0 Å². The maximum atomic E-state index is 14.6. The van der Waals surface area contributed by atoms with Gasteiger partial charge in [-0.3, -0.25) is 0 Å². The third-order valence-electron chi connectivity index (χ3n) is 6.14. The first-order valence-corrected chi connectivity index (χ1v) is 12.5. The molecule has 4 rings (SSSR count). The highest BCUT2D eigenvalue weighted by atomic mass is 19.3. The zero-order valence-electron chi connectivity index (χ0n) is 21.6. The van der Waals surface area contributed by atoms with Crippen LogP contribution in [0.2, 0.25) is 0 Å². The van der Waals surface area contributed by atoms with Crippen molar-refractivity contribution in [2.45, 2.75) is 84.6 Å². The molecule has 10 heteroatoms. The summed E-state index contributed by atoms with van der Waals surface area (Å²) in [5, 5.41) is 18.8. The number of unbranched alkanes of at least 4 members (excludes halogenated alkanes) is 1. The molecule has 0 saturated carbocycles. The van der Waals surface area contributed by atoms with Crippen molar-refractivity contribution in [3.63, 3.8) is 0 Å². The van der Waals surface area contributed by atoms with Crippen molar-refractivity contribution < 1.29 is 8.78 Å². The summed E-state index contributed by atoms with van der Waals surface area (Å²) < 4.78 is 32.9. The number of hydrogen-bond acceptors (Lipinski definition) is 5. The summed E-state index contributed by atoms with van der Waals surface area (Å²) in [7, 11) is 0. The Balaban J connectivity index is 1.66. The van der Waals surface area contributed by atoms with Crippen LogP contribution in [0.5, 0.6) is 0 Å². The lowest BCUT2D eigenvalue weighted by molar-refractivity contribution is -0.0232. The topological polar surface area (TPSA) is 90.1 Å². The van der Waals surface area contributed by atoms with E-state index in [1.165, 1.54) is 0 Å². The average molecular weight is 497 g/mol. The van der Waals surface area contributed by atoms with E-state index in [-0.39, 0.29) is 17.7 Å². The standard InChI is InChI=1S/C26H34F2N8/c1-6-8-9-22-29-24(26(27,28)16-7-2)32-35(22)17-18-10-12-19(13-11-18)36-20(23-30-33-34-31-23)14-15-21(36)25(3,4)5/h10-15H,6-9,16-17H2,1-5H3,(H,30,31,33,34). The highest BCUT2D eigenvalue weighted by Crippen LogP contribution is 2.33. The minimum Gasteiger partial charge on any atom is -0.310 e. The largest absolute Gasteiger partial charge is 0.310 e. The molecule has 0 atom stereocenters. The maximum absolute atomic E-state index is 14.6. The van der Waals surface area contributed by atoms with E-state index in [0.717, 1.165) is 35.5 Å². The Morgan fingerprint density at radius 2 is 1.72 bits per heavy atom. The summed E-state index contributed by atoms with van der Waals surface area (Å²) in [6, 6.07) is 12.1. The van der Waals surface area contributed by atoms with Gasteiger partial charge in [0.05, 0.1) is 12.2 Å². The summed E-state index contributed by atoms with van der Waals surface area (Å²) in [6.45, 7) is 10.7. The van der Waals surface area contributed by atoms with Crippen LogP contribution < -0.4 is 0 Å². The van der Waals surface area contributed by atoms with Gasteiger partial charge in [-0.2, -0.15) is 14.0 Å². The van der Waals surface area contributed by atoms with E-state index in [0.29, 0.717) is 31.0 Å². The molecule has 4 aromatic rings. The summed E-state index contributed by atoms with van der Waals surface area (Å²) >= 11 is 0. The van der Waals surface area contributed by atoms with Gasteiger partial charge in [0.1, 0.15) is 5.82 Å². The Morgan fingerprint density at radius 3 is 2.33 bits per heavy atom. The van der Waals surface area contributed by atoms with Crippen LogP contribution in [-0.4, -0.2) is 40.0 Å². The van der Waals surface area contributed by atoms with Gasteiger partial charge in [-0.25, -0.2) is 9.67 Å². The Hall–Kier alpha value is -3.43. The van der Waals surface area contributed by atoms with Crippen molar-refractivity contribution in [1.82, 2.24) is 40.0 Å². The number of aryl methyl sites for hydroxylation is 1. The molecule has 192 valence electrons. The monoisotopic (exact) mass is 496 g/mol. The van der Waals surface area contributed by atoms with Gasteiger partial charge in [0.25, 0.3) is 0 Å². The predicted octanol–water partition coefficient (Wildman–Crippen LogP) is 5.83. The van der Waals surface area contributed by atoms with E-state index in [4.69, 9.17) is 0 Å². The molecule has 0 radical (unpaired) electrons. The lowest BCUT2D eigenvalue weighted by Crippen LogP contribution is -2.17. The Bertz CT molecular complexity index is 1260. The van der Waals surface area contributed by atoms with Crippen molar-refractivity contribution in [3.8, 4) is 17.2 Å². The third kappa shape index (κ3) is 5.37. The van der Waals surface area contributed by atoms with Crippen LogP contribution in [0.1, 0.15) is 83.2 Å². The van der Waals surface area contributed by atoms with Gasteiger partial charge in [-0.1, -0.05) is 53.2 Å². The van der Waals surface area contributed by atoms with Crippen LogP contribution >= 0.6 is 0 Å². The lowest BCUT2D eigenvalue weighted by Gasteiger charge is -2.23. The molecular formula is C26H34F2N8. The fourth-order valence-corrected chi connectivity index (χ4v) is 4.27. The first-order valence-electron chi connectivity index (χ1n) is 12.5. The number of tetrazole rings is 1. The Kier molecular flexibility index (Phi) is 7.33. The molecule has 3 aromatic heterocycles. The zero-order valence-corrected chi connectivity index (χ0v) is 21.6. The van der Waals surface area contributed by atoms with Crippen LogP contribution in [0.3, 0.4) is 0 Å². The molecule has 1 aromatic carbocycles. The molecule has 0 bridgehead atoms. The number of aromatic amines is 1. The molecule has 8 nitrogen and oxygen atoms in total. The quantitative estimate of drug-likeness (QED) is 0.298.